The fraction of sp³-hybridized carbons (Fsp3) is 0.148. The highest BCUT2D eigenvalue weighted by Crippen LogP contribution is 2.38. The number of para-hydroxylation sites is 1. The number of anilines is 1. The number of ether oxygens (including phenoxy) is 2. The third kappa shape index (κ3) is 5.12. The average Bonchev–Trinajstić information content (AvgIpc) is 2.83. The lowest BCUT2D eigenvalue weighted by Crippen LogP contribution is -2.54. The normalized spacial score (nSPS) is 14.8. The summed E-state index contributed by atoms with van der Waals surface area (Å²) in [6, 6.07) is 17.6. The Morgan fingerprint density at radius 3 is 2.40 bits per heavy atom. The molecule has 35 heavy (non-hydrogen) atoms. The van der Waals surface area contributed by atoms with Crippen LogP contribution in [0.1, 0.15) is 22.3 Å². The number of halogens is 1. The number of imide groups is 2. The molecule has 0 bridgehead atoms. The van der Waals surface area contributed by atoms with E-state index in [-0.39, 0.29) is 5.57 Å². The number of urea groups is 1. The van der Waals surface area contributed by atoms with Gasteiger partial charge in [-0.15, -0.1) is 0 Å². The first-order valence-electron chi connectivity index (χ1n) is 10.8. The highest BCUT2D eigenvalue weighted by Gasteiger charge is 2.37. The minimum atomic E-state index is -0.787. The van der Waals surface area contributed by atoms with Crippen molar-refractivity contribution in [3.63, 3.8) is 0 Å². The molecule has 0 aliphatic carbocycles. The van der Waals surface area contributed by atoms with Crippen molar-refractivity contribution in [3.8, 4) is 11.5 Å². The molecule has 3 aromatic rings. The summed E-state index contributed by atoms with van der Waals surface area (Å²) in [4.78, 5) is 39.2. The van der Waals surface area contributed by atoms with Gasteiger partial charge in [0.2, 0.25) is 0 Å². The number of nitrogens with zero attached hydrogens (tertiary/aromatic N) is 1. The number of aryl methyl sites for hydroxylation is 2. The summed E-state index contributed by atoms with van der Waals surface area (Å²) < 4.78 is 12.1. The molecule has 1 aliphatic heterocycles. The van der Waals surface area contributed by atoms with Crippen LogP contribution in [0.4, 0.5) is 10.5 Å². The predicted octanol–water partition coefficient (Wildman–Crippen LogP) is 5.32. The molecule has 4 rings (SSSR count). The van der Waals surface area contributed by atoms with Gasteiger partial charge in [0.05, 0.1) is 17.3 Å². The van der Waals surface area contributed by atoms with Gasteiger partial charge >= 0.3 is 6.03 Å². The van der Waals surface area contributed by atoms with Crippen LogP contribution in [0.3, 0.4) is 0 Å². The van der Waals surface area contributed by atoms with E-state index in [1.165, 1.54) is 13.2 Å². The van der Waals surface area contributed by atoms with E-state index in [0.717, 1.165) is 21.6 Å². The molecule has 3 aromatic carbocycles. The molecule has 7 nitrogen and oxygen atoms in total. The minimum Gasteiger partial charge on any atom is -0.493 e. The molecular formula is C27H23BrN2O5. The average molecular weight is 535 g/mol. The van der Waals surface area contributed by atoms with Crippen molar-refractivity contribution in [1.82, 2.24) is 5.32 Å². The van der Waals surface area contributed by atoms with E-state index in [1.54, 1.807) is 43.3 Å². The van der Waals surface area contributed by atoms with Crippen molar-refractivity contribution in [2.24, 2.45) is 0 Å². The Morgan fingerprint density at radius 1 is 1.00 bits per heavy atom. The third-order valence-electron chi connectivity index (χ3n) is 5.52. The van der Waals surface area contributed by atoms with E-state index < -0.39 is 17.8 Å². The van der Waals surface area contributed by atoms with Crippen LogP contribution >= 0.6 is 15.9 Å². The first kappa shape index (κ1) is 24.2. The largest absolute Gasteiger partial charge is 0.493 e. The molecule has 0 unspecified atom stereocenters. The number of methoxy groups -OCH3 is 1. The Kier molecular flexibility index (Phi) is 7.02. The van der Waals surface area contributed by atoms with Gasteiger partial charge in [0, 0.05) is 0 Å². The quantitative estimate of drug-likeness (QED) is 0.341. The zero-order valence-electron chi connectivity index (χ0n) is 19.4. The molecule has 4 amide bonds. The van der Waals surface area contributed by atoms with Gasteiger partial charge in [-0.2, -0.15) is 0 Å². The zero-order chi connectivity index (χ0) is 25.1. The van der Waals surface area contributed by atoms with E-state index in [9.17, 15) is 14.4 Å². The zero-order valence-corrected chi connectivity index (χ0v) is 21.0. The van der Waals surface area contributed by atoms with E-state index in [4.69, 9.17) is 9.47 Å². The molecule has 1 heterocycles. The lowest BCUT2D eigenvalue weighted by Gasteiger charge is -2.27. The Morgan fingerprint density at radius 2 is 1.71 bits per heavy atom. The maximum absolute atomic E-state index is 13.2. The molecule has 0 saturated carbocycles. The van der Waals surface area contributed by atoms with Crippen LogP contribution in [0.15, 0.2) is 70.7 Å². The van der Waals surface area contributed by atoms with Crippen LogP contribution in [-0.4, -0.2) is 25.0 Å². The summed E-state index contributed by atoms with van der Waals surface area (Å²) in [6.07, 6.45) is 1.42. The topological polar surface area (TPSA) is 84.9 Å². The van der Waals surface area contributed by atoms with E-state index in [0.29, 0.717) is 33.8 Å². The lowest BCUT2D eigenvalue weighted by atomic mass is 10.1. The summed E-state index contributed by atoms with van der Waals surface area (Å²) >= 11 is 3.50. The smallest absolute Gasteiger partial charge is 0.335 e. The molecule has 0 atom stereocenters. The number of carbonyl (C=O) groups is 3. The van der Waals surface area contributed by atoms with E-state index >= 15 is 0 Å². The van der Waals surface area contributed by atoms with Gasteiger partial charge in [-0.3, -0.25) is 14.9 Å². The van der Waals surface area contributed by atoms with Gasteiger partial charge in [-0.25, -0.2) is 9.69 Å². The van der Waals surface area contributed by atoms with Gasteiger partial charge in [-0.05, 0) is 70.7 Å². The minimum absolute atomic E-state index is 0.171. The molecular weight excluding hydrogens is 512 g/mol. The van der Waals surface area contributed by atoms with Gasteiger partial charge < -0.3 is 9.47 Å². The Labute approximate surface area is 211 Å². The molecule has 8 heteroatoms. The molecule has 1 fully saturated rings. The van der Waals surface area contributed by atoms with Crippen LogP contribution < -0.4 is 19.7 Å². The molecule has 1 N–H and O–H groups in total. The number of carbonyl (C=O) groups excluding carboxylic acids is 3. The molecule has 0 spiro atoms. The number of hydrogen-bond donors (Lipinski definition) is 1. The summed E-state index contributed by atoms with van der Waals surface area (Å²) in [5.74, 6) is -0.553. The number of rotatable bonds is 6. The van der Waals surface area contributed by atoms with Crippen molar-refractivity contribution in [1.29, 1.82) is 0 Å². The SMILES string of the molecule is COc1cc(/C=C2\C(=O)NC(=O)N(c3ccccc3C)C2=O)cc(Br)c1OCc1ccc(C)cc1. The second-order valence-electron chi connectivity index (χ2n) is 8.05. The maximum Gasteiger partial charge on any atom is 0.335 e. The highest BCUT2D eigenvalue weighted by molar-refractivity contribution is 9.10. The Bertz CT molecular complexity index is 1350. The molecule has 0 radical (unpaired) electrons. The van der Waals surface area contributed by atoms with Crippen LogP contribution in [0.5, 0.6) is 11.5 Å². The number of amides is 4. The third-order valence-corrected chi connectivity index (χ3v) is 6.11. The van der Waals surface area contributed by atoms with Gasteiger partial charge in [0.15, 0.2) is 11.5 Å². The highest BCUT2D eigenvalue weighted by atomic mass is 79.9. The van der Waals surface area contributed by atoms with Gasteiger partial charge in [-0.1, -0.05) is 48.0 Å². The van der Waals surface area contributed by atoms with Crippen molar-refractivity contribution in [2.45, 2.75) is 20.5 Å². The van der Waals surface area contributed by atoms with Gasteiger partial charge in [0.25, 0.3) is 11.8 Å². The first-order chi connectivity index (χ1) is 16.8. The summed E-state index contributed by atoms with van der Waals surface area (Å²) in [6.45, 7) is 4.14. The van der Waals surface area contributed by atoms with Crippen molar-refractivity contribution < 1.29 is 23.9 Å². The van der Waals surface area contributed by atoms with Crippen molar-refractivity contribution in [3.05, 3.63) is 93.0 Å². The molecule has 1 saturated heterocycles. The number of nitrogens with one attached hydrogen (secondary N) is 1. The van der Waals surface area contributed by atoms with Crippen LogP contribution in [-0.2, 0) is 16.2 Å². The fourth-order valence-corrected chi connectivity index (χ4v) is 4.23. The first-order valence-corrected chi connectivity index (χ1v) is 11.6. The summed E-state index contributed by atoms with van der Waals surface area (Å²) in [5.41, 5.74) is 3.65. The second kappa shape index (κ2) is 10.1. The Balaban J connectivity index is 1.64. The predicted molar refractivity (Wildman–Crippen MR) is 136 cm³/mol. The van der Waals surface area contributed by atoms with Gasteiger partial charge in [0.1, 0.15) is 12.2 Å². The molecule has 1 aliphatic rings. The number of hydrogen-bond acceptors (Lipinski definition) is 5. The van der Waals surface area contributed by atoms with Crippen LogP contribution in [0.25, 0.3) is 6.08 Å². The fourth-order valence-electron chi connectivity index (χ4n) is 3.66. The standard InChI is InChI=1S/C27H23BrN2O5/c1-16-8-10-18(11-9-16)15-35-24-21(28)13-19(14-23(24)34-3)12-20-25(31)29-27(33)30(26(20)32)22-7-5-4-6-17(22)2/h4-14H,15H2,1-3H3,(H,29,31,33)/b20-12+. The maximum atomic E-state index is 13.2. The number of barbiturate groups is 1. The molecule has 0 aromatic heterocycles. The van der Waals surface area contributed by atoms with E-state index in [2.05, 4.69) is 21.2 Å². The Hall–Kier alpha value is -3.91. The van der Waals surface area contributed by atoms with Crippen LogP contribution in [0.2, 0.25) is 0 Å². The van der Waals surface area contributed by atoms with Crippen LogP contribution in [0, 0.1) is 13.8 Å². The lowest BCUT2D eigenvalue weighted by molar-refractivity contribution is -0.122. The summed E-state index contributed by atoms with van der Waals surface area (Å²) in [7, 11) is 1.51. The van der Waals surface area contributed by atoms with Crippen molar-refractivity contribution >= 4 is 45.5 Å². The second-order valence-corrected chi connectivity index (χ2v) is 8.91. The summed E-state index contributed by atoms with van der Waals surface area (Å²) in [5, 5.41) is 2.24. The number of benzene rings is 3. The van der Waals surface area contributed by atoms with E-state index in [1.807, 2.05) is 31.2 Å². The monoisotopic (exact) mass is 534 g/mol. The van der Waals surface area contributed by atoms with Crippen molar-refractivity contribution in [2.75, 3.05) is 12.0 Å². The molecule has 178 valence electrons.